The molecule has 0 fully saturated rings. The van der Waals surface area contributed by atoms with Gasteiger partial charge < -0.3 is 0 Å². The highest BCUT2D eigenvalue weighted by Crippen LogP contribution is 2.21. The van der Waals surface area contributed by atoms with Crippen molar-refractivity contribution in [3.63, 3.8) is 0 Å². The summed E-state index contributed by atoms with van der Waals surface area (Å²) in [7, 11) is 0. The van der Waals surface area contributed by atoms with Gasteiger partial charge in [-0.2, -0.15) is 0 Å². The molecule has 0 spiro atoms. The van der Waals surface area contributed by atoms with Crippen LogP contribution in [0, 0.1) is 0 Å². The van der Waals surface area contributed by atoms with Gasteiger partial charge in [0, 0.05) is 10.2 Å². The quantitative estimate of drug-likeness (QED) is 0.659. The Hall–Kier alpha value is -1.61. The smallest absolute Gasteiger partial charge is 0.100 e. The maximum absolute atomic E-state index is 4.38. The highest BCUT2D eigenvalue weighted by molar-refractivity contribution is 9.10. The fourth-order valence-corrected chi connectivity index (χ4v) is 2.12. The Labute approximate surface area is 102 Å². The molecule has 3 rings (SSSR count). The molecule has 0 aliphatic heterocycles. The zero-order valence-corrected chi connectivity index (χ0v) is 10.1. The van der Waals surface area contributed by atoms with Crippen molar-refractivity contribution in [3.8, 4) is 5.69 Å². The summed E-state index contributed by atoms with van der Waals surface area (Å²) in [6.45, 7) is 0. The van der Waals surface area contributed by atoms with E-state index in [1.165, 1.54) is 0 Å². The fraction of sp³-hybridized carbons (Fsp3) is 0. The molecule has 16 heavy (non-hydrogen) atoms. The van der Waals surface area contributed by atoms with Crippen LogP contribution in [0.2, 0.25) is 0 Å². The highest BCUT2D eigenvalue weighted by atomic mass is 79.9. The molecule has 2 nitrogen and oxygen atoms in total. The first kappa shape index (κ1) is 9.60. The van der Waals surface area contributed by atoms with Crippen LogP contribution in [0.15, 0.2) is 59.3 Å². The Morgan fingerprint density at radius 3 is 2.62 bits per heavy atom. The third kappa shape index (κ3) is 1.53. The number of aromatic nitrogens is 2. The molecular weight excluding hydrogens is 264 g/mol. The van der Waals surface area contributed by atoms with Gasteiger partial charge in [-0.25, -0.2) is 4.98 Å². The van der Waals surface area contributed by atoms with Crippen LogP contribution in [0.4, 0.5) is 0 Å². The topological polar surface area (TPSA) is 17.8 Å². The van der Waals surface area contributed by atoms with Gasteiger partial charge in [0.15, 0.2) is 0 Å². The highest BCUT2D eigenvalue weighted by Gasteiger charge is 2.03. The molecule has 3 heteroatoms. The molecule has 0 N–H and O–H groups in total. The van der Waals surface area contributed by atoms with Gasteiger partial charge in [0.05, 0.1) is 11.0 Å². The van der Waals surface area contributed by atoms with E-state index in [0.717, 1.165) is 21.2 Å². The number of imidazole rings is 1. The third-order valence-electron chi connectivity index (χ3n) is 2.54. The van der Waals surface area contributed by atoms with Gasteiger partial charge in [-0.3, -0.25) is 4.57 Å². The lowest BCUT2D eigenvalue weighted by Gasteiger charge is -2.03. The van der Waals surface area contributed by atoms with Gasteiger partial charge in [0.25, 0.3) is 0 Å². The van der Waals surface area contributed by atoms with Crippen LogP contribution >= 0.6 is 15.9 Å². The summed E-state index contributed by atoms with van der Waals surface area (Å²) in [5.74, 6) is 0. The molecule has 1 heterocycles. The molecule has 0 amide bonds. The van der Waals surface area contributed by atoms with Crippen LogP contribution in [-0.2, 0) is 0 Å². The number of fused-ring (bicyclic) bond motifs is 1. The molecule has 0 bridgehead atoms. The van der Waals surface area contributed by atoms with Crippen molar-refractivity contribution in [1.82, 2.24) is 9.55 Å². The zero-order valence-electron chi connectivity index (χ0n) is 8.47. The summed E-state index contributed by atoms with van der Waals surface area (Å²) in [5.41, 5.74) is 3.25. The lowest BCUT2D eigenvalue weighted by molar-refractivity contribution is 1.09. The minimum atomic E-state index is 1.01. The summed E-state index contributed by atoms with van der Waals surface area (Å²) in [6.07, 6.45) is 1.85. The van der Waals surface area contributed by atoms with Crippen LogP contribution in [-0.4, -0.2) is 9.55 Å². The van der Waals surface area contributed by atoms with Crippen LogP contribution < -0.4 is 0 Å². The van der Waals surface area contributed by atoms with Gasteiger partial charge in [0.2, 0.25) is 0 Å². The molecular formula is C13H9BrN2. The Bertz CT molecular complexity index is 629. The first-order valence-corrected chi connectivity index (χ1v) is 5.82. The Kier molecular flexibility index (Phi) is 2.26. The molecule has 1 aromatic heterocycles. The van der Waals surface area contributed by atoms with Crippen molar-refractivity contribution in [1.29, 1.82) is 0 Å². The van der Waals surface area contributed by atoms with Crippen molar-refractivity contribution < 1.29 is 0 Å². The van der Waals surface area contributed by atoms with Crippen LogP contribution in [0.25, 0.3) is 16.7 Å². The number of benzene rings is 2. The SMILES string of the molecule is Brc1ccc2ncn(-c3ccccc3)c2c1. The monoisotopic (exact) mass is 272 g/mol. The minimum Gasteiger partial charge on any atom is -0.299 e. The van der Waals surface area contributed by atoms with E-state index in [1.54, 1.807) is 0 Å². The molecule has 0 aliphatic rings. The van der Waals surface area contributed by atoms with Crippen molar-refractivity contribution in [2.75, 3.05) is 0 Å². The van der Waals surface area contributed by atoms with E-state index in [-0.39, 0.29) is 0 Å². The number of para-hydroxylation sites is 1. The lowest BCUT2D eigenvalue weighted by Crippen LogP contribution is -1.90. The molecule has 0 unspecified atom stereocenters. The second-order valence-corrected chi connectivity index (χ2v) is 4.50. The minimum absolute atomic E-state index is 1.01. The van der Waals surface area contributed by atoms with Crippen LogP contribution in [0.5, 0.6) is 0 Å². The van der Waals surface area contributed by atoms with Crippen molar-refractivity contribution in [2.24, 2.45) is 0 Å². The predicted molar refractivity (Wildman–Crippen MR) is 68.8 cm³/mol. The van der Waals surface area contributed by atoms with E-state index < -0.39 is 0 Å². The number of nitrogens with zero attached hydrogens (tertiary/aromatic N) is 2. The maximum Gasteiger partial charge on any atom is 0.100 e. The van der Waals surface area contributed by atoms with Gasteiger partial charge in [-0.15, -0.1) is 0 Å². The zero-order chi connectivity index (χ0) is 11.0. The summed E-state index contributed by atoms with van der Waals surface area (Å²) in [6, 6.07) is 16.3. The second-order valence-electron chi connectivity index (χ2n) is 3.58. The standard InChI is InChI=1S/C13H9BrN2/c14-10-6-7-12-13(8-10)16(9-15-12)11-4-2-1-3-5-11/h1-9H. The van der Waals surface area contributed by atoms with E-state index >= 15 is 0 Å². The number of hydrogen-bond donors (Lipinski definition) is 0. The second kappa shape index (κ2) is 3.76. The molecule has 0 atom stereocenters. The molecule has 0 saturated heterocycles. The summed E-state index contributed by atoms with van der Waals surface area (Å²) in [4.78, 5) is 4.38. The van der Waals surface area contributed by atoms with E-state index in [9.17, 15) is 0 Å². The summed E-state index contributed by atoms with van der Waals surface area (Å²) < 4.78 is 3.15. The average molecular weight is 273 g/mol. The maximum atomic E-state index is 4.38. The fourth-order valence-electron chi connectivity index (χ4n) is 1.78. The van der Waals surface area contributed by atoms with Crippen molar-refractivity contribution >= 4 is 27.0 Å². The molecule has 78 valence electrons. The van der Waals surface area contributed by atoms with Crippen molar-refractivity contribution in [2.45, 2.75) is 0 Å². The van der Waals surface area contributed by atoms with Gasteiger partial charge in [-0.1, -0.05) is 34.1 Å². The van der Waals surface area contributed by atoms with E-state index in [0.29, 0.717) is 0 Å². The summed E-state index contributed by atoms with van der Waals surface area (Å²) in [5, 5.41) is 0. The molecule has 2 aromatic carbocycles. The normalized spacial score (nSPS) is 10.8. The number of hydrogen-bond acceptors (Lipinski definition) is 1. The van der Waals surface area contributed by atoms with Gasteiger partial charge >= 0.3 is 0 Å². The van der Waals surface area contributed by atoms with E-state index in [4.69, 9.17) is 0 Å². The Morgan fingerprint density at radius 1 is 1.00 bits per heavy atom. The van der Waals surface area contributed by atoms with Gasteiger partial charge in [-0.05, 0) is 30.3 Å². The Balaban J connectivity index is 2.29. The molecule has 0 saturated carbocycles. The van der Waals surface area contributed by atoms with Crippen LogP contribution in [0.3, 0.4) is 0 Å². The Morgan fingerprint density at radius 2 is 1.81 bits per heavy atom. The number of halogens is 1. The first-order chi connectivity index (χ1) is 7.84. The first-order valence-electron chi connectivity index (χ1n) is 5.02. The lowest BCUT2D eigenvalue weighted by atomic mass is 10.3. The van der Waals surface area contributed by atoms with Crippen LogP contribution in [0.1, 0.15) is 0 Å². The largest absolute Gasteiger partial charge is 0.299 e. The molecule has 3 aromatic rings. The number of rotatable bonds is 1. The molecule has 0 radical (unpaired) electrons. The average Bonchev–Trinajstić information content (AvgIpc) is 2.73. The van der Waals surface area contributed by atoms with Gasteiger partial charge in [0.1, 0.15) is 6.33 Å². The van der Waals surface area contributed by atoms with E-state index in [1.807, 2.05) is 36.7 Å². The summed E-state index contributed by atoms with van der Waals surface area (Å²) >= 11 is 3.48. The van der Waals surface area contributed by atoms with E-state index in [2.05, 4.69) is 43.7 Å². The molecule has 0 aliphatic carbocycles. The van der Waals surface area contributed by atoms with Crippen molar-refractivity contribution in [3.05, 3.63) is 59.3 Å². The predicted octanol–water partition coefficient (Wildman–Crippen LogP) is 3.79. The third-order valence-corrected chi connectivity index (χ3v) is 3.04.